The normalized spacial score (nSPS) is 12.2. The number of carbonyl (C=O) groups excluding carboxylic acids is 1. The smallest absolute Gasteiger partial charge is 0.328 e. The molecular weight excluding hydrogens is 320 g/mol. The molecule has 0 fully saturated rings. The van der Waals surface area contributed by atoms with E-state index in [1.54, 1.807) is 6.07 Å². The number of aromatic nitrogens is 1. The van der Waals surface area contributed by atoms with Gasteiger partial charge in [-0.15, -0.1) is 0 Å². The lowest BCUT2D eigenvalue weighted by Gasteiger charge is -2.14. The van der Waals surface area contributed by atoms with Gasteiger partial charge in [-0.1, -0.05) is 26.0 Å². The Bertz CT molecular complexity index is 793. The molecule has 0 aliphatic carbocycles. The maximum Gasteiger partial charge on any atom is 0.328 e. The van der Waals surface area contributed by atoms with Crippen LogP contribution in [-0.4, -0.2) is 39.3 Å². The SMILES string of the molecule is Cc1cc(C(=O)N[C@@H](CO)C(=O)O)c(C)n1-c1cccc(C(C)C)c1. The summed E-state index contributed by atoms with van der Waals surface area (Å²) in [5, 5.41) is 20.4. The number of carbonyl (C=O) groups is 2. The predicted octanol–water partition coefficient (Wildman–Crippen LogP) is 2.39. The van der Waals surface area contributed by atoms with Crippen molar-refractivity contribution >= 4 is 11.9 Å². The van der Waals surface area contributed by atoms with Gasteiger partial charge in [-0.3, -0.25) is 4.79 Å². The van der Waals surface area contributed by atoms with E-state index in [2.05, 4.69) is 31.3 Å². The van der Waals surface area contributed by atoms with E-state index in [0.29, 0.717) is 11.5 Å². The topological polar surface area (TPSA) is 91.6 Å². The number of hydrogen-bond acceptors (Lipinski definition) is 3. The molecule has 1 amide bonds. The van der Waals surface area contributed by atoms with Crippen LogP contribution in [0.2, 0.25) is 0 Å². The van der Waals surface area contributed by atoms with Gasteiger partial charge in [0.2, 0.25) is 0 Å². The first-order valence-electron chi connectivity index (χ1n) is 8.20. The molecule has 0 aliphatic heterocycles. The Kier molecular flexibility index (Phi) is 5.64. The van der Waals surface area contributed by atoms with Crippen LogP contribution in [0.5, 0.6) is 0 Å². The standard InChI is InChI=1S/C19H24N2O4/c1-11(2)14-6-5-7-15(9-14)21-12(3)8-16(13(21)4)18(23)20-17(10-22)19(24)25/h5-9,11,17,22H,10H2,1-4H3,(H,20,23)(H,24,25)/t17-/m0/s1. The summed E-state index contributed by atoms with van der Waals surface area (Å²) in [7, 11) is 0. The maximum atomic E-state index is 12.4. The van der Waals surface area contributed by atoms with Crippen molar-refractivity contribution in [1.29, 1.82) is 0 Å². The molecule has 1 heterocycles. The van der Waals surface area contributed by atoms with Crippen molar-refractivity contribution < 1.29 is 19.8 Å². The molecule has 2 rings (SSSR count). The molecule has 0 unspecified atom stereocenters. The fraction of sp³-hybridized carbons (Fsp3) is 0.368. The second-order valence-electron chi connectivity index (χ2n) is 6.42. The van der Waals surface area contributed by atoms with Crippen molar-refractivity contribution in [3.05, 3.63) is 52.8 Å². The number of aliphatic hydroxyl groups is 1. The van der Waals surface area contributed by atoms with Crippen molar-refractivity contribution in [3.8, 4) is 5.69 Å². The Morgan fingerprint density at radius 2 is 1.88 bits per heavy atom. The number of amides is 1. The molecule has 0 bridgehead atoms. The van der Waals surface area contributed by atoms with Crippen LogP contribution in [0, 0.1) is 13.8 Å². The lowest BCUT2D eigenvalue weighted by atomic mass is 10.0. The van der Waals surface area contributed by atoms with Gasteiger partial charge in [0, 0.05) is 17.1 Å². The second kappa shape index (κ2) is 7.53. The molecule has 25 heavy (non-hydrogen) atoms. The monoisotopic (exact) mass is 344 g/mol. The average Bonchev–Trinajstić information content (AvgIpc) is 2.86. The minimum absolute atomic E-state index is 0.389. The molecule has 3 N–H and O–H groups in total. The third kappa shape index (κ3) is 3.91. The van der Waals surface area contributed by atoms with Crippen LogP contribution in [0.4, 0.5) is 0 Å². The van der Waals surface area contributed by atoms with Crippen LogP contribution in [0.3, 0.4) is 0 Å². The minimum atomic E-state index is -1.32. The summed E-state index contributed by atoms with van der Waals surface area (Å²) in [5.41, 5.74) is 4.14. The summed E-state index contributed by atoms with van der Waals surface area (Å²) in [5.74, 6) is -1.39. The van der Waals surface area contributed by atoms with Crippen molar-refractivity contribution in [1.82, 2.24) is 9.88 Å². The Balaban J connectivity index is 2.40. The van der Waals surface area contributed by atoms with Crippen molar-refractivity contribution in [2.75, 3.05) is 6.61 Å². The van der Waals surface area contributed by atoms with Crippen LogP contribution < -0.4 is 5.32 Å². The Hall–Kier alpha value is -2.60. The lowest BCUT2D eigenvalue weighted by Crippen LogP contribution is -2.43. The highest BCUT2D eigenvalue weighted by Gasteiger charge is 2.23. The number of benzene rings is 1. The number of hydrogen-bond donors (Lipinski definition) is 3. The molecule has 0 radical (unpaired) electrons. The van der Waals surface area contributed by atoms with Gasteiger partial charge in [0.25, 0.3) is 5.91 Å². The van der Waals surface area contributed by atoms with Crippen molar-refractivity contribution in [2.45, 2.75) is 39.7 Å². The zero-order chi connectivity index (χ0) is 18.7. The summed E-state index contributed by atoms with van der Waals surface area (Å²) in [6.07, 6.45) is 0. The zero-order valence-corrected chi connectivity index (χ0v) is 14.9. The molecule has 134 valence electrons. The average molecular weight is 344 g/mol. The fourth-order valence-electron chi connectivity index (χ4n) is 2.83. The van der Waals surface area contributed by atoms with E-state index in [-0.39, 0.29) is 0 Å². The summed E-state index contributed by atoms with van der Waals surface area (Å²) >= 11 is 0. The third-order valence-electron chi connectivity index (χ3n) is 4.26. The van der Waals surface area contributed by atoms with E-state index in [0.717, 1.165) is 17.1 Å². The number of carboxylic acid groups (broad SMARTS) is 1. The van der Waals surface area contributed by atoms with Gasteiger partial charge in [0.15, 0.2) is 6.04 Å². The molecule has 6 heteroatoms. The highest BCUT2D eigenvalue weighted by atomic mass is 16.4. The number of aryl methyl sites for hydroxylation is 1. The minimum Gasteiger partial charge on any atom is -0.480 e. The Morgan fingerprint density at radius 3 is 2.44 bits per heavy atom. The quantitative estimate of drug-likeness (QED) is 0.750. The predicted molar refractivity (Wildman–Crippen MR) is 95.3 cm³/mol. The molecule has 1 aromatic heterocycles. The summed E-state index contributed by atoms with van der Waals surface area (Å²) in [4.78, 5) is 23.4. The van der Waals surface area contributed by atoms with Gasteiger partial charge in [-0.25, -0.2) is 4.79 Å². The van der Waals surface area contributed by atoms with E-state index < -0.39 is 24.5 Å². The zero-order valence-electron chi connectivity index (χ0n) is 14.9. The first kappa shape index (κ1) is 18.7. The number of rotatable bonds is 6. The van der Waals surface area contributed by atoms with E-state index in [4.69, 9.17) is 10.2 Å². The second-order valence-corrected chi connectivity index (χ2v) is 6.42. The van der Waals surface area contributed by atoms with Gasteiger partial charge in [0.05, 0.1) is 12.2 Å². The Morgan fingerprint density at radius 1 is 1.20 bits per heavy atom. The molecule has 6 nitrogen and oxygen atoms in total. The van der Waals surface area contributed by atoms with E-state index >= 15 is 0 Å². The number of nitrogens with zero attached hydrogens (tertiary/aromatic N) is 1. The molecule has 2 aromatic rings. The summed E-state index contributed by atoms with van der Waals surface area (Å²) in [6.45, 7) is 7.30. The molecular formula is C19H24N2O4. The van der Waals surface area contributed by atoms with Crippen LogP contribution in [0.15, 0.2) is 30.3 Å². The van der Waals surface area contributed by atoms with E-state index in [1.807, 2.05) is 30.5 Å². The Labute approximate surface area is 147 Å². The summed E-state index contributed by atoms with van der Waals surface area (Å²) in [6, 6.07) is 8.51. The first-order chi connectivity index (χ1) is 11.8. The van der Waals surface area contributed by atoms with Gasteiger partial charge >= 0.3 is 5.97 Å². The van der Waals surface area contributed by atoms with Crippen molar-refractivity contribution in [2.24, 2.45) is 0 Å². The van der Waals surface area contributed by atoms with Crippen LogP contribution in [0.25, 0.3) is 5.69 Å². The molecule has 0 saturated carbocycles. The summed E-state index contributed by atoms with van der Waals surface area (Å²) < 4.78 is 1.97. The van der Waals surface area contributed by atoms with Crippen LogP contribution >= 0.6 is 0 Å². The molecule has 0 spiro atoms. The van der Waals surface area contributed by atoms with Gasteiger partial charge in [0.1, 0.15) is 0 Å². The number of aliphatic carboxylic acids is 1. The van der Waals surface area contributed by atoms with Gasteiger partial charge < -0.3 is 20.1 Å². The number of aliphatic hydroxyl groups excluding tert-OH is 1. The van der Waals surface area contributed by atoms with Crippen LogP contribution in [0.1, 0.15) is 47.1 Å². The highest BCUT2D eigenvalue weighted by molar-refractivity contribution is 5.98. The third-order valence-corrected chi connectivity index (χ3v) is 4.26. The first-order valence-corrected chi connectivity index (χ1v) is 8.20. The largest absolute Gasteiger partial charge is 0.480 e. The molecule has 1 aromatic carbocycles. The van der Waals surface area contributed by atoms with Crippen molar-refractivity contribution in [3.63, 3.8) is 0 Å². The molecule has 1 atom stereocenters. The van der Waals surface area contributed by atoms with Crippen LogP contribution in [-0.2, 0) is 4.79 Å². The van der Waals surface area contributed by atoms with E-state index in [9.17, 15) is 9.59 Å². The fourth-order valence-corrected chi connectivity index (χ4v) is 2.83. The molecule has 0 aliphatic rings. The number of carboxylic acids is 1. The van der Waals surface area contributed by atoms with Gasteiger partial charge in [-0.05, 0) is 43.5 Å². The van der Waals surface area contributed by atoms with E-state index in [1.165, 1.54) is 5.56 Å². The highest BCUT2D eigenvalue weighted by Crippen LogP contribution is 2.24. The molecule has 0 saturated heterocycles. The number of nitrogens with one attached hydrogen (secondary N) is 1. The van der Waals surface area contributed by atoms with Gasteiger partial charge in [-0.2, -0.15) is 0 Å². The lowest BCUT2D eigenvalue weighted by molar-refractivity contribution is -0.140. The maximum absolute atomic E-state index is 12.4.